The summed E-state index contributed by atoms with van der Waals surface area (Å²) in [5, 5.41) is 6.18. The zero-order chi connectivity index (χ0) is 27.2. The molecule has 2 N–H and O–H groups in total. The van der Waals surface area contributed by atoms with E-state index in [-0.39, 0.29) is 10.9 Å². The number of benzene rings is 2. The van der Waals surface area contributed by atoms with Crippen LogP contribution < -0.4 is 34.3 Å². The van der Waals surface area contributed by atoms with E-state index in [1.165, 1.54) is 19.6 Å². The Hall–Kier alpha value is -4.55. The Morgan fingerprint density at radius 3 is 2.51 bits per heavy atom. The summed E-state index contributed by atoms with van der Waals surface area (Å²) in [7, 11) is 3.09. The summed E-state index contributed by atoms with van der Waals surface area (Å²) in [6, 6.07) is 9.32. The van der Waals surface area contributed by atoms with Gasteiger partial charge < -0.3 is 39.1 Å². The molecule has 12 nitrogen and oxygen atoms in total. The van der Waals surface area contributed by atoms with Crippen molar-refractivity contribution in [2.75, 3.05) is 51.3 Å². The number of hydrogen-bond donors (Lipinski definition) is 2. The maximum atomic E-state index is 12.4. The number of carbonyl (C=O) groups is 1. The fourth-order valence-electron chi connectivity index (χ4n) is 3.76. The molecule has 3 heterocycles. The third-order valence-electron chi connectivity index (χ3n) is 5.49. The lowest BCUT2D eigenvalue weighted by atomic mass is 10.1. The highest BCUT2D eigenvalue weighted by molar-refractivity contribution is 6.32. The summed E-state index contributed by atoms with van der Waals surface area (Å²) >= 11 is 6.50. The number of nitrogens with zero attached hydrogens (tertiary/aromatic N) is 3. The molecule has 0 unspecified atom stereocenters. The van der Waals surface area contributed by atoms with Crippen LogP contribution in [0.15, 0.2) is 48.9 Å². The van der Waals surface area contributed by atoms with Crippen LogP contribution in [0.5, 0.6) is 34.8 Å². The molecule has 1 aliphatic heterocycles. The topological polar surface area (TPSA) is 135 Å². The van der Waals surface area contributed by atoms with Gasteiger partial charge in [-0.05, 0) is 24.3 Å². The normalized spacial score (nSPS) is 12.1. The number of ether oxygens (including phenoxy) is 6. The van der Waals surface area contributed by atoms with Gasteiger partial charge in [0.25, 0.3) is 0 Å². The molecule has 2 amide bonds. The van der Waals surface area contributed by atoms with Crippen molar-refractivity contribution < 1.29 is 33.2 Å². The minimum atomic E-state index is -0.470. The van der Waals surface area contributed by atoms with Crippen LogP contribution in [0.4, 0.5) is 16.2 Å². The van der Waals surface area contributed by atoms with Gasteiger partial charge in [0.05, 0.1) is 24.3 Å². The Labute approximate surface area is 228 Å². The first-order valence-electron chi connectivity index (χ1n) is 11.8. The van der Waals surface area contributed by atoms with Crippen LogP contribution in [0.1, 0.15) is 0 Å². The second-order valence-corrected chi connectivity index (χ2v) is 8.46. The van der Waals surface area contributed by atoms with Crippen LogP contribution in [0.3, 0.4) is 0 Å². The minimum absolute atomic E-state index is 0.220. The first-order valence-corrected chi connectivity index (χ1v) is 12.2. The Morgan fingerprint density at radius 2 is 1.74 bits per heavy atom. The Morgan fingerprint density at radius 1 is 0.949 bits per heavy atom. The third kappa shape index (κ3) is 5.97. The van der Waals surface area contributed by atoms with Gasteiger partial charge in [-0.3, -0.25) is 0 Å². The molecule has 5 rings (SSSR count). The molecular weight excluding hydrogens is 530 g/mol. The standard InChI is InChI=1S/C26H24ClN5O7/c1-34-7-8-36-20-13-18-22(24-23(20)37-9-10-38-24)25(30-14-29-18)39-19-4-3-15(11-17(19)27)31-26(33)32-16-5-6-28-21(12-16)35-2/h3-6,11-14H,7-10H2,1-2H3,(H2,28,31,32,33). The fraction of sp³-hybridized carbons (Fsp3) is 0.231. The average Bonchev–Trinajstić information content (AvgIpc) is 2.94. The molecule has 0 fully saturated rings. The van der Waals surface area contributed by atoms with E-state index in [2.05, 4.69) is 25.6 Å². The van der Waals surface area contributed by atoms with E-state index in [9.17, 15) is 4.79 Å². The molecular formula is C26H24ClN5O7. The molecule has 0 aliphatic carbocycles. The van der Waals surface area contributed by atoms with Crippen LogP contribution >= 0.6 is 11.6 Å². The number of nitrogens with one attached hydrogen (secondary N) is 2. The molecule has 0 spiro atoms. The van der Waals surface area contributed by atoms with Crippen LogP contribution in [0.25, 0.3) is 10.9 Å². The molecule has 39 heavy (non-hydrogen) atoms. The lowest BCUT2D eigenvalue weighted by Gasteiger charge is -2.23. The molecule has 0 atom stereocenters. The number of halogens is 1. The van der Waals surface area contributed by atoms with Crippen LogP contribution in [-0.2, 0) is 4.74 Å². The van der Waals surface area contributed by atoms with Gasteiger partial charge in [-0.25, -0.2) is 19.7 Å². The molecule has 0 bridgehead atoms. The molecule has 0 saturated heterocycles. The van der Waals surface area contributed by atoms with Crippen molar-refractivity contribution in [3.8, 4) is 34.8 Å². The Kier molecular flexibility index (Phi) is 7.94. The van der Waals surface area contributed by atoms with Crippen LogP contribution in [0, 0.1) is 0 Å². The number of hydrogen-bond acceptors (Lipinski definition) is 10. The molecule has 2 aromatic heterocycles. The van der Waals surface area contributed by atoms with E-state index in [1.807, 2.05) is 0 Å². The minimum Gasteiger partial charge on any atom is -0.487 e. The molecule has 202 valence electrons. The number of aromatic nitrogens is 3. The second kappa shape index (κ2) is 11.9. The monoisotopic (exact) mass is 553 g/mol. The van der Waals surface area contributed by atoms with Gasteiger partial charge >= 0.3 is 6.03 Å². The summed E-state index contributed by atoms with van der Waals surface area (Å²) < 4.78 is 33.8. The number of amides is 2. The number of methoxy groups -OCH3 is 2. The lowest BCUT2D eigenvalue weighted by molar-refractivity contribution is 0.134. The quantitative estimate of drug-likeness (QED) is 0.275. The van der Waals surface area contributed by atoms with Gasteiger partial charge in [-0.15, -0.1) is 0 Å². The molecule has 4 aromatic rings. The van der Waals surface area contributed by atoms with Gasteiger partial charge in [0.1, 0.15) is 37.3 Å². The SMILES string of the molecule is COCCOc1cc2ncnc(Oc3ccc(NC(=O)Nc4ccnc(OC)c4)cc3Cl)c2c2c1OCCO2. The van der Waals surface area contributed by atoms with E-state index >= 15 is 0 Å². The molecule has 0 saturated carbocycles. The zero-order valence-corrected chi connectivity index (χ0v) is 21.8. The summed E-state index contributed by atoms with van der Waals surface area (Å²) in [5.41, 5.74) is 1.50. The van der Waals surface area contributed by atoms with E-state index in [4.69, 9.17) is 40.0 Å². The summed E-state index contributed by atoms with van der Waals surface area (Å²) in [5.74, 6) is 2.25. The number of anilines is 2. The van der Waals surface area contributed by atoms with E-state index < -0.39 is 6.03 Å². The maximum absolute atomic E-state index is 12.4. The predicted molar refractivity (Wildman–Crippen MR) is 143 cm³/mol. The van der Waals surface area contributed by atoms with Gasteiger partial charge in [-0.2, -0.15) is 0 Å². The van der Waals surface area contributed by atoms with Crippen LogP contribution in [-0.4, -0.2) is 61.6 Å². The van der Waals surface area contributed by atoms with E-state index in [0.717, 1.165) is 0 Å². The molecule has 2 aromatic carbocycles. The van der Waals surface area contributed by atoms with Crippen molar-refractivity contribution in [3.05, 3.63) is 53.9 Å². The van der Waals surface area contributed by atoms with Crippen molar-refractivity contribution in [1.82, 2.24) is 15.0 Å². The summed E-state index contributed by atoms with van der Waals surface area (Å²) in [4.78, 5) is 25.1. The van der Waals surface area contributed by atoms with Crippen molar-refractivity contribution in [2.24, 2.45) is 0 Å². The number of carbonyl (C=O) groups excluding carboxylic acids is 1. The third-order valence-corrected chi connectivity index (χ3v) is 5.78. The lowest BCUT2D eigenvalue weighted by Crippen LogP contribution is -2.19. The number of rotatable bonds is 9. The molecule has 0 radical (unpaired) electrons. The summed E-state index contributed by atoms with van der Waals surface area (Å²) in [6.07, 6.45) is 2.90. The predicted octanol–water partition coefficient (Wildman–Crippen LogP) is 4.92. The van der Waals surface area contributed by atoms with Gasteiger partial charge in [0.2, 0.25) is 17.5 Å². The van der Waals surface area contributed by atoms with Crippen molar-refractivity contribution in [2.45, 2.75) is 0 Å². The average molecular weight is 554 g/mol. The van der Waals surface area contributed by atoms with Crippen molar-refractivity contribution in [3.63, 3.8) is 0 Å². The number of urea groups is 1. The molecule has 1 aliphatic rings. The zero-order valence-electron chi connectivity index (χ0n) is 21.0. The first kappa shape index (κ1) is 26.1. The number of pyridine rings is 1. The van der Waals surface area contributed by atoms with Gasteiger partial charge in [-0.1, -0.05) is 11.6 Å². The highest BCUT2D eigenvalue weighted by Crippen LogP contribution is 2.48. The van der Waals surface area contributed by atoms with Gasteiger partial charge in [0, 0.05) is 36.8 Å². The van der Waals surface area contributed by atoms with Crippen LogP contribution in [0.2, 0.25) is 5.02 Å². The smallest absolute Gasteiger partial charge is 0.323 e. The van der Waals surface area contributed by atoms with Crippen molar-refractivity contribution in [1.29, 1.82) is 0 Å². The van der Waals surface area contributed by atoms with Gasteiger partial charge in [0.15, 0.2) is 11.5 Å². The van der Waals surface area contributed by atoms with Crippen molar-refractivity contribution >= 4 is 39.9 Å². The Balaban J connectivity index is 1.36. The fourth-order valence-corrected chi connectivity index (χ4v) is 3.98. The highest BCUT2D eigenvalue weighted by Gasteiger charge is 2.25. The Bertz CT molecular complexity index is 1500. The van der Waals surface area contributed by atoms with E-state index in [1.54, 1.807) is 43.5 Å². The van der Waals surface area contributed by atoms with E-state index in [0.29, 0.717) is 77.6 Å². The second-order valence-electron chi connectivity index (χ2n) is 8.06. The summed E-state index contributed by atoms with van der Waals surface area (Å²) in [6.45, 7) is 1.45. The maximum Gasteiger partial charge on any atom is 0.323 e. The largest absolute Gasteiger partial charge is 0.487 e. The first-order chi connectivity index (χ1) is 19.1. The highest BCUT2D eigenvalue weighted by atomic mass is 35.5. The molecule has 13 heteroatoms. The number of fused-ring (bicyclic) bond motifs is 3.